The molecule has 0 bridgehead atoms. The Morgan fingerprint density at radius 3 is 0.976 bits per heavy atom. The van der Waals surface area contributed by atoms with Gasteiger partial charge in [0.2, 0.25) is 0 Å². The van der Waals surface area contributed by atoms with E-state index in [-0.39, 0.29) is 0 Å². The molecule has 0 atom stereocenters. The number of benzene rings is 14. The van der Waals surface area contributed by atoms with E-state index in [0.717, 1.165) is 67.3 Å². The van der Waals surface area contributed by atoms with Gasteiger partial charge in [0.15, 0.2) is 0 Å². The highest BCUT2D eigenvalue weighted by Crippen LogP contribution is 2.58. The molecule has 1 aliphatic rings. The Morgan fingerprint density at radius 1 is 0.265 bits per heavy atom. The van der Waals surface area contributed by atoms with Crippen molar-refractivity contribution in [2.24, 2.45) is 0 Å². The molecule has 0 saturated carbocycles. The number of imidazole rings is 2. The van der Waals surface area contributed by atoms with Crippen LogP contribution in [-0.4, -0.2) is 19.1 Å². The average molecular weight is 1060 g/mol. The molecule has 0 unspecified atom stereocenters. The molecule has 83 heavy (non-hydrogen) atoms. The molecule has 0 N–H and O–H groups in total. The van der Waals surface area contributed by atoms with E-state index in [2.05, 4.69) is 312 Å². The molecule has 16 aromatic rings. The molecule has 14 aromatic carbocycles. The summed E-state index contributed by atoms with van der Waals surface area (Å²) in [6, 6.07) is 111. The number of fused-ring (bicyclic) bond motifs is 9. The van der Waals surface area contributed by atoms with Crippen molar-refractivity contribution in [3.05, 3.63) is 326 Å². The van der Waals surface area contributed by atoms with Crippen molar-refractivity contribution >= 4 is 65.2 Å². The highest BCUT2D eigenvalue weighted by molar-refractivity contribution is 6.14. The second-order valence-corrected chi connectivity index (χ2v) is 22.0. The third-order valence-electron chi connectivity index (χ3n) is 17.6. The summed E-state index contributed by atoms with van der Waals surface area (Å²) in [5.41, 5.74) is 19.2. The monoisotopic (exact) mass is 1050 g/mol. The molecule has 4 heteroatoms. The maximum absolute atomic E-state index is 5.48. The number of aromatic nitrogens is 4. The maximum Gasteiger partial charge on any atom is 0.145 e. The predicted octanol–water partition coefficient (Wildman–Crippen LogP) is 20.0. The standard InChI is InChI=1S/C79H50N4/c1-3-23-61(24-4-1)82-73-33-17-15-31-71(73)80-77(82)57-39-45-67-68-46-40-58(78-81-72-32-16-18-34-74(72)83(78)62-25-5-2-6-26-62)50-70(68)79(69(67)49-57,59-41-35-51(36-42-59)75-63-27-11-7-19-53(63)47-54-20-8-12-28-64(54)75)60-43-37-52(38-44-60)76-65-29-13-9-21-55(65)48-56-22-10-14-30-66(56)76/h1-50H. The quantitative estimate of drug-likeness (QED) is 0.142. The van der Waals surface area contributed by atoms with E-state index in [1.54, 1.807) is 0 Å². The zero-order valence-electron chi connectivity index (χ0n) is 45.2. The summed E-state index contributed by atoms with van der Waals surface area (Å²) in [4.78, 5) is 11.0. The molecule has 2 heterocycles. The van der Waals surface area contributed by atoms with Gasteiger partial charge >= 0.3 is 0 Å². The van der Waals surface area contributed by atoms with Crippen molar-refractivity contribution < 1.29 is 0 Å². The van der Waals surface area contributed by atoms with Crippen molar-refractivity contribution in [1.29, 1.82) is 0 Å². The van der Waals surface area contributed by atoms with Gasteiger partial charge in [0.1, 0.15) is 11.6 Å². The summed E-state index contributed by atoms with van der Waals surface area (Å²) in [5, 5.41) is 9.84. The van der Waals surface area contributed by atoms with Crippen LogP contribution in [0.5, 0.6) is 0 Å². The van der Waals surface area contributed by atoms with Gasteiger partial charge in [-0.3, -0.25) is 9.13 Å². The van der Waals surface area contributed by atoms with Crippen molar-refractivity contribution in [3.8, 4) is 67.5 Å². The van der Waals surface area contributed by atoms with Gasteiger partial charge < -0.3 is 0 Å². The Morgan fingerprint density at radius 2 is 0.590 bits per heavy atom. The van der Waals surface area contributed by atoms with Crippen LogP contribution in [0.2, 0.25) is 0 Å². The van der Waals surface area contributed by atoms with Gasteiger partial charge in [0.05, 0.1) is 27.5 Å². The van der Waals surface area contributed by atoms with Crippen molar-refractivity contribution in [3.63, 3.8) is 0 Å². The van der Waals surface area contributed by atoms with E-state index in [1.165, 1.54) is 87.6 Å². The number of rotatable bonds is 8. The minimum absolute atomic E-state index is 0.845. The minimum atomic E-state index is -0.845. The van der Waals surface area contributed by atoms with Crippen LogP contribution in [0.3, 0.4) is 0 Å². The molecule has 0 radical (unpaired) electrons. The Kier molecular flexibility index (Phi) is 10.5. The molecule has 2 aromatic heterocycles. The number of hydrogen-bond donors (Lipinski definition) is 0. The lowest BCUT2D eigenvalue weighted by molar-refractivity contribution is 0.769. The summed E-state index contributed by atoms with van der Waals surface area (Å²) in [7, 11) is 0. The molecular weight excluding hydrogens is 1000 g/mol. The Balaban J connectivity index is 0.966. The van der Waals surface area contributed by atoms with Crippen LogP contribution < -0.4 is 0 Å². The van der Waals surface area contributed by atoms with Crippen LogP contribution in [0.1, 0.15) is 22.3 Å². The van der Waals surface area contributed by atoms with Gasteiger partial charge in [-0.1, -0.05) is 231 Å². The summed E-state index contributed by atoms with van der Waals surface area (Å²) in [6.45, 7) is 0. The van der Waals surface area contributed by atoms with E-state index in [9.17, 15) is 0 Å². The van der Waals surface area contributed by atoms with Gasteiger partial charge in [-0.15, -0.1) is 0 Å². The molecule has 0 amide bonds. The van der Waals surface area contributed by atoms with Gasteiger partial charge in [0.25, 0.3) is 0 Å². The van der Waals surface area contributed by atoms with E-state index in [4.69, 9.17) is 9.97 Å². The Hall–Kier alpha value is -10.9. The zero-order valence-corrected chi connectivity index (χ0v) is 45.2. The Labute approximate surface area is 480 Å². The first-order chi connectivity index (χ1) is 41.2. The molecule has 0 fully saturated rings. The van der Waals surface area contributed by atoms with Crippen molar-refractivity contribution in [1.82, 2.24) is 19.1 Å². The van der Waals surface area contributed by atoms with Crippen LogP contribution >= 0.6 is 0 Å². The molecule has 1 aliphatic carbocycles. The minimum Gasteiger partial charge on any atom is -0.292 e. The summed E-state index contributed by atoms with van der Waals surface area (Å²) < 4.78 is 4.64. The summed E-state index contributed by atoms with van der Waals surface area (Å²) >= 11 is 0. The zero-order chi connectivity index (χ0) is 54.6. The van der Waals surface area contributed by atoms with Gasteiger partial charge in [-0.2, -0.15) is 0 Å². The highest BCUT2D eigenvalue weighted by Gasteiger charge is 2.47. The average Bonchev–Trinajstić information content (AvgIpc) is 2.85. The third-order valence-corrected chi connectivity index (χ3v) is 17.6. The largest absolute Gasteiger partial charge is 0.292 e. The van der Waals surface area contributed by atoms with Gasteiger partial charge in [-0.25, -0.2) is 9.97 Å². The maximum atomic E-state index is 5.48. The molecule has 386 valence electrons. The van der Waals surface area contributed by atoms with Crippen LogP contribution in [0.15, 0.2) is 303 Å². The third kappa shape index (κ3) is 7.19. The van der Waals surface area contributed by atoms with Crippen LogP contribution in [0, 0.1) is 0 Å². The highest BCUT2D eigenvalue weighted by atomic mass is 15.1. The second kappa shape index (κ2) is 18.6. The van der Waals surface area contributed by atoms with Crippen molar-refractivity contribution in [2.45, 2.75) is 5.41 Å². The Bertz CT molecular complexity index is 4810. The lowest BCUT2D eigenvalue weighted by Crippen LogP contribution is -2.28. The molecular formula is C79H50N4. The van der Waals surface area contributed by atoms with Crippen LogP contribution in [0.25, 0.3) is 133 Å². The van der Waals surface area contributed by atoms with Crippen LogP contribution in [-0.2, 0) is 5.41 Å². The molecule has 0 aliphatic heterocycles. The summed E-state index contributed by atoms with van der Waals surface area (Å²) in [5.74, 6) is 1.78. The van der Waals surface area contributed by atoms with Crippen LogP contribution in [0.4, 0.5) is 0 Å². The number of nitrogens with zero attached hydrogens (tertiary/aromatic N) is 4. The SMILES string of the molecule is c1ccc(-n2c(-c3ccc4c(c3)C(c3ccc(-c5c6ccccc6cc6ccccc56)cc3)(c3ccc(-c5c6ccccc6cc6ccccc56)cc3)c3cc(-c5nc6ccccc6n5-c5ccccc5)ccc3-4)nc3ccccc32)cc1. The van der Waals surface area contributed by atoms with Crippen molar-refractivity contribution in [2.75, 3.05) is 0 Å². The lowest BCUT2D eigenvalue weighted by Gasteiger charge is -2.34. The van der Waals surface area contributed by atoms with E-state index in [0.29, 0.717) is 0 Å². The number of hydrogen-bond acceptors (Lipinski definition) is 2. The number of para-hydroxylation sites is 6. The summed E-state index contributed by atoms with van der Waals surface area (Å²) in [6.07, 6.45) is 0. The lowest BCUT2D eigenvalue weighted by atomic mass is 9.67. The van der Waals surface area contributed by atoms with Gasteiger partial charge in [-0.05, 0) is 172 Å². The van der Waals surface area contributed by atoms with E-state index in [1.807, 2.05) is 0 Å². The first-order valence-corrected chi connectivity index (χ1v) is 28.5. The fourth-order valence-corrected chi connectivity index (χ4v) is 13.9. The first kappa shape index (κ1) is 46.9. The van der Waals surface area contributed by atoms with Gasteiger partial charge in [0, 0.05) is 22.5 Å². The topological polar surface area (TPSA) is 35.6 Å². The smallest absolute Gasteiger partial charge is 0.145 e. The fraction of sp³-hybridized carbons (Fsp3) is 0.0127. The molecule has 0 saturated heterocycles. The van der Waals surface area contributed by atoms with E-state index >= 15 is 0 Å². The molecule has 4 nitrogen and oxygen atoms in total. The molecule has 0 spiro atoms. The molecule has 17 rings (SSSR count). The predicted molar refractivity (Wildman–Crippen MR) is 345 cm³/mol. The normalized spacial score (nSPS) is 12.7. The van der Waals surface area contributed by atoms with E-state index < -0.39 is 5.41 Å². The second-order valence-electron chi connectivity index (χ2n) is 22.0. The fourth-order valence-electron chi connectivity index (χ4n) is 13.9. The first-order valence-electron chi connectivity index (χ1n) is 28.5.